The van der Waals surface area contributed by atoms with Crippen LogP contribution in [-0.4, -0.2) is 47.4 Å². The van der Waals surface area contributed by atoms with Gasteiger partial charge in [0.15, 0.2) is 0 Å². The fourth-order valence-electron chi connectivity index (χ4n) is 10.4. The SMILES string of the molecule is CCCCCCCCC/C=C\CCCCCCCCCC(=O)OCCCCCCCCCCCCCCCCCCCCCCCCCCCCCCC(=O)NC(CO)C(O)/C=C/CCCCCCCCCC. The van der Waals surface area contributed by atoms with Crippen LogP contribution in [0.3, 0.4) is 0 Å². The number of carbonyl (C=O) groups is 2. The third-order valence-electron chi connectivity index (χ3n) is 15.5. The van der Waals surface area contributed by atoms with Crippen molar-refractivity contribution in [1.29, 1.82) is 0 Å². The first-order valence-electron chi connectivity index (χ1n) is 33.1. The van der Waals surface area contributed by atoms with Gasteiger partial charge in [-0.1, -0.05) is 321 Å². The van der Waals surface area contributed by atoms with Crippen molar-refractivity contribution < 1.29 is 24.5 Å². The van der Waals surface area contributed by atoms with Gasteiger partial charge in [-0.25, -0.2) is 0 Å². The third kappa shape index (κ3) is 59.4. The van der Waals surface area contributed by atoms with Gasteiger partial charge in [-0.15, -0.1) is 0 Å². The number of hydrogen-bond donors (Lipinski definition) is 3. The molecule has 0 spiro atoms. The van der Waals surface area contributed by atoms with Crippen LogP contribution in [-0.2, 0) is 14.3 Å². The van der Waals surface area contributed by atoms with Crippen molar-refractivity contribution in [2.45, 2.75) is 379 Å². The lowest BCUT2D eigenvalue weighted by Crippen LogP contribution is -2.45. The zero-order chi connectivity index (χ0) is 52.9. The number of unbranched alkanes of at least 4 members (excludes halogenated alkanes) is 49. The molecule has 2 unspecified atom stereocenters. The average Bonchev–Trinajstić information content (AvgIpc) is 3.39. The van der Waals surface area contributed by atoms with Crippen LogP contribution in [0.1, 0.15) is 367 Å². The van der Waals surface area contributed by atoms with E-state index >= 15 is 0 Å². The summed E-state index contributed by atoms with van der Waals surface area (Å²) < 4.78 is 5.50. The average molecular weight is 1030 g/mol. The molecule has 0 saturated heterocycles. The maximum absolute atomic E-state index is 12.4. The van der Waals surface area contributed by atoms with Gasteiger partial charge in [0, 0.05) is 12.8 Å². The summed E-state index contributed by atoms with van der Waals surface area (Å²) in [7, 11) is 0. The van der Waals surface area contributed by atoms with Crippen LogP contribution in [0.2, 0.25) is 0 Å². The predicted octanol–water partition coefficient (Wildman–Crippen LogP) is 21.0. The van der Waals surface area contributed by atoms with Crippen LogP contribution >= 0.6 is 0 Å². The number of hydrogen-bond acceptors (Lipinski definition) is 5. The van der Waals surface area contributed by atoms with E-state index in [0.29, 0.717) is 19.4 Å². The second-order valence-electron chi connectivity index (χ2n) is 22.8. The fourth-order valence-corrected chi connectivity index (χ4v) is 10.4. The molecule has 0 radical (unpaired) electrons. The van der Waals surface area contributed by atoms with Crippen LogP contribution < -0.4 is 5.32 Å². The van der Waals surface area contributed by atoms with Crippen molar-refractivity contribution in [2.24, 2.45) is 0 Å². The quantitative estimate of drug-likeness (QED) is 0.0320. The van der Waals surface area contributed by atoms with Gasteiger partial charge in [0.2, 0.25) is 5.91 Å². The van der Waals surface area contributed by atoms with E-state index in [0.717, 1.165) is 44.9 Å². The van der Waals surface area contributed by atoms with E-state index < -0.39 is 12.1 Å². The highest BCUT2D eigenvalue weighted by Crippen LogP contribution is 2.18. The first-order valence-corrected chi connectivity index (χ1v) is 33.1. The molecule has 2 atom stereocenters. The molecule has 0 bridgehead atoms. The topological polar surface area (TPSA) is 95.9 Å². The van der Waals surface area contributed by atoms with Gasteiger partial charge in [0.1, 0.15) is 0 Å². The molecule has 0 saturated carbocycles. The molecule has 73 heavy (non-hydrogen) atoms. The monoisotopic (exact) mass is 1030 g/mol. The molecule has 0 aliphatic heterocycles. The Morgan fingerprint density at radius 2 is 0.644 bits per heavy atom. The molecule has 6 nitrogen and oxygen atoms in total. The van der Waals surface area contributed by atoms with Crippen molar-refractivity contribution in [1.82, 2.24) is 5.32 Å². The fraction of sp³-hybridized carbons (Fsp3) is 0.910. The summed E-state index contributed by atoms with van der Waals surface area (Å²) in [5, 5.41) is 23.0. The molecule has 3 N–H and O–H groups in total. The number of esters is 1. The Hall–Kier alpha value is -1.66. The van der Waals surface area contributed by atoms with E-state index in [1.807, 2.05) is 6.08 Å². The molecule has 0 aliphatic carbocycles. The minimum Gasteiger partial charge on any atom is -0.466 e. The Morgan fingerprint density at radius 1 is 0.370 bits per heavy atom. The number of carbonyl (C=O) groups excluding carboxylic acids is 2. The number of aliphatic hydroxyl groups excluding tert-OH is 2. The Balaban J connectivity index is 3.32. The zero-order valence-electron chi connectivity index (χ0n) is 49.4. The normalized spacial score (nSPS) is 12.7. The number of aliphatic hydroxyl groups is 2. The predicted molar refractivity (Wildman–Crippen MR) is 320 cm³/mol. The van der Waals surface area contributed by atoms with E-state index in [-0.39, 0.29) is 18.5 Å². The summed E-state index contributed by atoms with van der Waals surface area (Å²) in [6.45, 7) is 4.91. The second kappa shape index (κ2) is 62.9. The maximum Gasteiger partial charge on any atom is 0.305 e. The standard InChI is InChI=1S/C67H129NO5/c1-3-5-7-9-11-13-15-16-17-18-32-35-38-41-45-49-53-57-61-67(72)73-62-58-54-50-46-42-39-36-33-30-28-26-24-22-20-19-21-23-25-27-29-31-34-37-40-44-48-52-56-60-66(71)68-64(63-69)65(70)59-55-51-47-43-14-12-10-8-6-4-2/h17-18,55,59,64-65,69-70H,3-16,19-54,56-58,60-63H2,1-2H3,(H,68,71)/b18-17-,59-55+. The molecule has 0 aromatic carbocycles. The Kier molecular flexibility index (Phi) is 61.4. The molecule has 0 heterocycles. The van der Waals surface area contributed by atoms with Gasteiger partial charge in [0.05, 0.1) is 25.4 Å². The summed E-state index contributed by atoms with van der Waals surface area (Å²) in [6, 6.07) is -0.623. The molecule has 0 fully saturated rings. The summed E-state index contributed by atoms with van der Waals surface area (Å²) in [4.78, 5) is 24.5. The highest BCUT2D eigenvalue weighted by molar-refractivity contribution is 5.76. The number of rotatable bonds is 62. The molecule has 0 aliphatic rings. The van der Waals surface area contributed by atoms with Gasteiger partial charge >= 0.3 is 5.97 Å². The molecule has 0 rings (SSSR count). The van der Waals surface area contributed by atoms with E-state index in [1.54, 1.807) is 6.08 Å². The third-order valence-corrected chi connectivity index (χ3v) is 15.5. The largest absolute Gasteiger partial charge is 0.466 e. The number of ether oxygens (including phenoxy) is 1. The van der Waals surface area contributed by atoms with Crippen molar-refractivity contribution in [3.63, 3.8) is 0 Å². The second-order valence-corrected chi connectivity index (χ2v) is 22.8. The van der Waals surface area contributed by atoms with Crippen LogP contribution in [0.15, 0.2) is 24.3 Å². The van der Waals surface area contributed by atoms with Gasteiger partial charge < -0.3 is 20.3 Å². The first-order chi connectivity index (χ1) is 36.0. The minimum atomic E-state index is -0.840. The van der Waals surface area contributed by atoms with E-state index in [2.05, 4.69) is 31.3 Å². The van der Waals surface area contributed by atoms with Crippen LogP contribution in [0.25, 0.3) is 0 Å². The van der Waals surface area contributed by atoms with Gasteiger partial charge in [-0.05, 0) is 57.8 Å². The van der Waals surface area contributed by atoms with E-state index in [1.165, 1.54) is 295 Å². The molecule has 0 aromatic rings. The van der Waals surface area contributed by atoms with Crippen LogP contribution in [0.5, 0.6) is 0 Å². The van der Waals surface area contributed by atoms with E-state index in [4.69, 9.17) is 4.74 Å². The maximum atomic E-state index is 12.4. The number of allylic oxidation sites excluding steroid dienone is 3. The van der Waals surface area contributed by atoms with Crippen LogP contribution in [0.4, 0.5) is 0 Å². The number of nitrogens with one attached hydrogen (secondary N) is 1. The molecule has 0 aromatic heterocycles. The highest BCUT2D eigenvalue weighted by Gasteiger charge is 2.18. The van der Waals surface area contributed by atoms with Crippen molar-refractivity contribution in [2.75, 3.05) is 13.2 Å². The Morgan fingerprint density at radius 3 is 0.973 bits per heavy atom. The lowest BCUT2D eigenvalue weighted by atomic mass is 10.0. The highest BCUT2D eigenvalue weighted by atomic mass is 16.5. The van der Waals surface area contributed by atoms with Crippen LogP contribution in [0, 0.1) is 0 Å². The van der Waals surface area contributed by atoms with E-state index in [9.17, 15) is 19.8 Å². The van der Waals surface area contributed by atoms with Gasteiger partial charge in [-0.2, -0.15) is 0 Å². The minimum absolute atomic E-state index is 0.0159. The van der Waals surface area contributed by atoms with Crippen molar-refractivity contribution in [3.05, 3.63) is 24.3 Å². The molecular formula is C67H129NO5. The Bertz CT molecular complexity index is 1140. The summed E-state index contributed by atoms with van der Waals surface area (Å²) >= 11 is 0. The number of amides is 1. The summed E-state index contributed by atoms with van der Waals surface area (Å²) in [5.41, 5.74) is 0. The van der Waals surface area contributed by atoms with Crippen molar-refractivity contribution >= 4 is 11.9 Å². The molecule has 432 valence electrons. The first kappa shape index (κ1) is 71.3. The Labute approximate surface area is 456 Å². The zero-order valence-corrected chi connectivity index (χ0v) is 49.4. The lowest BCUT2D eigenvalue weighted by Gasteiger charge is -2.20. The van der Waals surface area contributed by atoms with Gasteiger partial charge in [0.25, 0.3) is 0 Å². The molecule has 1 amide bonds. The molecular weight excluding hydrogens is 899 g/mol. The lowest BCUT2D eigenvalue weighted by molar-refractivity contribution is -0.143. The van der Waals surface area contributed by atoms with Crippen molar-refractivity contribution in [3.8, 4) is 0 Å². The smallest absolute Gasteiger partial charge is 0.305 e. The summed E-state index contributed by atoms with van der Waals surface area (Å²) in [5.74, 6) is -0.0496. The molecule has 6 heteroatoms. The summed E-state index contributed by atoms with van der Waals surface area (Å²) in [6.07, 6.45) is 78.2. The van der Waals surface area contributed by atoms with Gasteiger partial charge in [-0.3, -0.25) is 9.59 Å².